The number of rotatable bonds is 7. The molecule has 0 aliphatic rings. The number of amides is 1. The molecule has 0 bridgehead atoms. The van der Waals surface area contributed by atoms with Crippen molar-refractivity contribution in [1.29, 1.82) is 0 Å². The molecular weight excluding hydrogens is 370 g/mol. The van der Waals surface area contributed by atoms with Gasteiger partial charge in [0.1, 0.15) is 4.90 Å². The fourth-order valence-corrected chi connectivity index (χ4v) is 3.74. The van der Waals surface area contributed by atoms with E-state index < -0.39 is 10.0 Å². The van der Waals surface area contributed by atoms with E-state index in [0.717, 1.165) is 16.4 Å². The zero-order valence-corrected chi connectivity index (χ0v) is 16.9. The van der Waals surface area contributed by atoms with Crippen molar-refractivity contribution < 1.29 is 13.2 Å². The Labute approximate surface area is 159 Å². The van der Waals surface area contributed by atoms with Gasteiger partial charge in [-0.1, -0.05) is 30.8 Å². The number of carbonyl (C=O) groups is 1. The van der Waals surface area contributed by atoms with Gasteiger partial charge in [0.2, 0.25) is 15.9 Å². The minimum absolute atomic E-state index is 0.125. The molecule has 2 rings (SSSR count). The summed E-state index contributed by atoms with van der Waals surface area (Å²) in [6.07, 6.45) is 2.26. The molecule has 0 aliphatic carbocycles. The van der Waals surface area contributed by atoms with Gasteiger partial charge in [-0.25, -0.2) is 17.7 Å². The van der Waals surface area contributed by atoms with Crippen molar-refractivity contribution in [1.82, 2.24) is 9.29 Å². The molecule has 0 saturated carbocycles. The first-order chi connectivity index (χ1) is 12.2. The van der Waals surface area contributed by atoms with Crippen LogP contribution in [0.2, 0.25) is 0 Å². The molecule has 140 valence electrons. The third-order valence-corrected chi connectivity index (χ3v) is 6.63. The van der Waals surface area contributed by atoms with Gasteiger partial charge < -0.3 is 5.32 Å². The summed E-state index contributed by atoms with van der Waals surface area (Å²) in [7, 11) is -0.563. The van der Waals surface area contributed by atoms with Crippen LogP contribution in [-0.2, 0) is 21.2 Å². The first-order valence-electron chi connectivity index (χ1n) is 8.19. The van der Waals surface area contributed by atoms with Crippen LogP contribution in [0.3, 0.4) is 0 Å². The molecule has 0 radical (unpaired) electrons. The fourth-order valence-electron chi connectivity index (χ4n) is 2.10. The summed E-state index contributed by atoms with van der Waals surface area (Å²) in [5.74, 6) is -0.133. The van der Waals surface area contributed by atoms with Crippen LogP contribution in [-0.4, -0.2) is 43.0 Å². The van der Waals surface area contributed by atoms with Crippen LogP contribution in [0.25, 0.3) is 0 Å². The number of aromatic nitrogens is 1. The molecule has 1 aromatic heterocycles. The highest BCUT2D eigenvalue weighted by Gasteiger charge is 2.19. The summed E-state index contributed by atoms with van der Waals surface area (Å²) in [6.45, 7) is 3.86. The molecular formula is C18H23N3O3S2. The van der Waals surface area contributed by atoms with Crippen molar-refractivity contribution in [3.05, 3.63) is 48.2 Å². The fraction of sp³-hybridized carbons (Fsp3) is 0.333. The largest absolute Gasteiger partial charge is 0.325 e. The van der Waals surface area contributed by atoms with Crippen LogP contribution in [0.15, 0.2) is 52.5 Å². The summed E-state index contributed by atoms with van der Waals surface area (Å²) in [5.41, 5.74) is 1.96. The van der Waals surface area contributed by atoms with Crippen LogP contribution in [0.5, 0.6) is 0 Å². The number of benzene rings is 1. The Morgan fingerprint density at radius 3 is 2.35 bits per heavy atom. The number of nitrogens with one attached hydrogen (secondary N) is 1. The molecule has 8 heteroatoms. The second kappa shape index (κ2) is 8.66. The topological polar surface area (TPSA) is 79.4 Å². The molecule has 2 aromatic rings. The summed E-state index contributed by atoms with van der Waals surface area (Å²) in [4.78, 5) is 16.6. The number of hydrogen-bond acceptors (Lipinski definition) is 5. The Kier molecular flexibility index (Phi) is 6.80. The second-order valence-electron chi connectivity index (χ2n) is 5.92. The molecule has 1 aromatic carbocycles. The maximum atomic E-state index is 12.3. The number of anilines is 1. The van der Waals surface area contributed by atoms with E-state index in [0.29, 0.717) is 5.03 Å². The molecule has 1 N–H and O–H groups in total. The average molecular weight is 394 g/mol. The third kappa shape index (κ3) is 5.06. The van der Waals surface area contributed by atoms with Gasteiger partial charge >= 0.3 is 0 Å². The van der Waals surface area contributed by atoms with Gasteiger partial charge in [0.15, 0.2) is 0 Å². The zero-order valence-electron chi connectivity index (χ0n) is 15.3. The quantitative estimate of drug-likeness (QED) is 0.732. The summed E-state index contributed by atoms with van der Waals surface area (Å²) >= 11 is 1.27. The van der Waals surface area contributed by atoms with Crippen LogP contribution in [0.1, 0.15) is 19.4 Å². The van der Waals surface area contributed by atoms with Gasteiger partial charge in [-0.15, -0.1) is 0 Å². The van der Waals surface area contributed by atoms with Gasteiger partial charge in [-0.2, -0.15) is 0 Å². The predicted octanol–water partition coefficient (Wildman–Crippen LogP) is 3.01. The first kappa shape index (κ1) is 20.4. The Hall–Kier alpha value is -1.90. The van der Waals surface area contributed by atoms with Gasteiger partial charge in [0.25, 0.3) is 0 Å². The van der Waals surface area contributed by atoms with E-state index in [1.165, 1.54) is 43.7 Å². The lowest BCUT2D eigenvalue weighted by Gasteiger charge is -2.13. The highest BCUT2D eigenvalue weighted by molar-refractivity contribution is 8.00. The minimum atomic E-state index is -3.50. The van der Waals surface area contributed by atoms with E-state index in [2.05, 4.69) is 17.2 Å². The lowest BCUT2D eigenvalue weighted by molar-refractivity contribution is -0.115. The number of carbonyl (C=O) groups excluding carboxylic acids is 1. The summed E-state index contributed by atoms with van der Waals surface area (Å²) in [6, 6.07) is 10.8. The van der Waals surface area contributed by atoms with Crippen molar-refractivity contribution in [3.63, 3.8) is 0 Å². The Bertz CT molecular complexity index is 848. The molecule has 6 nitrogen and oxygen atoms in total. The smallest absolute Gasteiger partial charge is 0.244 e. The van der Waals surface area contributed by atoms with Crippen molar-refractivity contribution in [3.8, 4) is 0 Å². The van der Waals surface area contributed by atoms with Crippen molar-refractivity contribution in [2.24, 2.45) is 0 Å². The van der Waals surface area contributed by atoms with Crippen LogP contribution in [0, 0.1) is 0 Å². The lowest BCUT2D eigenvalue weighted by atomic mass is 10.1. The van der Waals surface area contributed by atoms with Crippen LogP contribution >= 0.6 is 11.8 Å². The van der Waals surface area contributed by atoms with Crippen LogP contribution < -0.4 is 5.32 Å². The molecule has 0 fully saturated rings. The molecule has 0 saturated heterocycles. The first-order valence-corrected chi connectivity index (χ1v) is 10.5. The standard InChI is InChI=1S/C18H23N3O3S2/c1-5-14-6-8-15(9-7-14)20-18(22)13(2)25-17-11-10-16(12-19-17)26(23,24)21(3)4/h6-13H,5H2,1-4H3,(H,20,22)/t13-/m1/s1. The molecule has 1 heterocycles. The van der Waals surface area contributed by atoms with E-state index in [1.54, 1.807) is 13.0 Å². The normalized spacial score (nSPS) is 12.8. The molecule has 26 heavy (non-hydrogen) atoms. The number of hydrogen-bond donors (Lipinski definition) is 1. The summed E-state index contributed by atoms with van der Waals surface area (Å²) < 4.78 is 25.2. The van der Waals surface area contributed by atoms with E-state index in [9.17, 15) is 13.2 Å². The van der Waals surface area contributed by atoms with E-state index in [1.807, 2.05) is 24.3 Å². The lowest BCUT2D eigenvalue weighted by Crippen LogP contribution is -2.23. The number of aryl methyl sites for hydroxylation is 1. The Morgan fingerprint density at radius 1 is 1.19 bits per heavy atom. The van der Waals surface area contributed by atoms with Gasteiger partial charge in [0.05, 0.1) is 10.3 Å². The maximum Gasteiger partial charge on any atom is 0.244 e. The van der Waals surface area contributed by atoms with E-state index in [4.69, 9.17) is 0 Å². The number of nitrogens with zero attached hydrogens (tertiary/aromatic N) is 2. The van der Waals surface area contributed by atoms with Gasteiger partial charge in [-0.05, 0) is 43.2 Å². The number of pyridine rings is 1. The highest BCUT2D eigenvalue weighted by Crippen LogP contribution is 2.24. The third-order valence-electron chi connectivity index (χ3n) is 3.78. The minimum Gasteiger partial charge on any atom is -0.325 e. The predicted molar refractivity (Wildman–Crippen MR) is 105 cm³/mol. The molecule has 0 aliphatic heterocycles. The number of thioether (sulfide) groups is 1. The Morgan fingerprint density at radius 2 is 1.85 bits per heavy atom. The highest BCUT2D eigenvalue weighted by atomic mass is 32.2. The monoisotopic (exact) mass is 393 g/mol. The SMILES string of the molecule is CCc1ccc(NC(=O)[C@@H](C)Sc2ccc(S(=O)(=O)N(C)C)cn2)cc1. The average Bonchev–Trinajstić information content (AvgIpc) is 2.62. The van der Waals surface area contributed by atoms with E-state index >= 15 is 0 Å². The maximum absolute atomic E-state index is 12.3. The van der Waals surface area contributed by atoms with E-state index in [-0.39, 0.29) is 16.1 Å². The zero-order chi connectivity index (χ0) is 19.3. The summed E-state index contributed by atoms with van der Waals surface area (Å²) in [5, 5.41) is 3.09. The van der Waals surface area contributed by atoms with Gasteiger partial charge in [-0.3, -0.25) is 4.79 Å². The van der Waals surface area contributed by atoms with Crippen LogP contribution in [0.4, 0.5) is 5.69 Å². The molecule has 0 spiro atoms. The number of sulfonamides is 1. The molecule has 1 atom stereocenters. The Balaban J connectivity index is 2.00. The van der Waals surface area contributed by atoms with Crippen molar-refractivity contribution >= 4 is 33.4 Å². The molecule has 1 amide bonds. The van der Waals surface area contributed by atoms with Gasteiger partial charge in [0, 0.05) is 26.0 Å². The second-order valence-corrected chi connectivity index (χ2v) is 9.43. The molecule has 0 unspecified atom stereocenters. The van der Waals surface area contributed by atoms with Crippen molar-refractivity contribution in [2.45, 2.75) is 35.4 Å². The van der Waals surface area contributed by atoms with Crippen molar-refractivity contribution in [2.75, 3.05) is 19.4 Å².